The Morgan fingerprint density at radius 3 is 2.69 bits per heavy atom. The quantitative estimate of drug-likeness (QED) is 0.333. The average molecular weight is 497 g/mol. The molecule has 0 saturated heterocycles. The predicted octanol–water partition coefficient (Wildman–Crippen LogP) is 3.47. The number of ether oxygens (including phenoxy) is 1. The van der Waals surface area contributed by atoms with Gasteiger partial charge in [-0.15, -0.1) is 5.10 Å². The zero-order valence-corrected chi connectivity index (χ0v) is 19.0. The summed E-state index contributed by atoms with van der Waals surface area (Å²) in [6, 6.07) is 9.66. The molecule has 0 saturated carbocycles. The second kappa shape index (κ2) is 9.20. The van der Waals surface area contributed by atoms with Crippen molar-refractivity contribution in [2.24, 2.45) is 7.05 Å². The Labute approximate surface area is 201 Å². The molecule has 0 fully saturated rings. The molecule has 0 aliphatic carbocycles. The number of halogens is 3. The molecular weight excluding hydrogens is 479 g/mol. The SMILES string of the molecule is Cc1nnnn1Cc1cccc(-c2noc(-c3cnn(C)c3COc3ccc(C(F)(F)F)cn3)n2)c1. The second-order valence-corrected chi connectivity index (χ2v) is 7.81. The normalized spacial score (nSPS) is 11.7. The minimum absolute atomic E-state index is 0.0251. The van der Waals surface area contributed by atoms with Gasteiger partial charge in [-0.3, -0.25) is 4.68 Å². The van der Waals surface area contributed by atoms with Crippen LogP contribution in [-0.2, 0) is 26.4 Å². The Bertz CT molecular complexity index is 1490. The van der Waals surface area contributed by atoms with Gasteiger partial charge in [0.05, 0.1) is 29.6 Å². The predicted molar refractivity (Wildman–Crippen MR) is 117 cm³/mol. The molecule has 0 radical (unpaired) electrons. The smallest absolute Gasteiger partial charge is 0.417 e. The van der Waals surface area contributed by atoms with Crippen LogP contribution in [0.2, 0.25) is 0 Å². The molecule has 0 N–H and O–H groups in total. The standard InChI is InChI=1S/C22H18F3N9O2/c1-13-29-31-32-34(13)11-14-4-3-5-15(8-14)20-28-21(36-30-20)17-10-27-33(2)18(17)12-35-19-7-6-16(9-26-19)22(23,24)25/h3-10H,11-12H2,1-2H3. The molecule has 184 valence electrons. The molecule has 5 aromatic rings. The van der Waals surface area contributed by atoms with E-state index < -0.39 is 11.7 Å². The van der Waals surface area contributed by atoms with Crippen molar-refractivity contribution >= 4 is 0 Å². The first-order valence-corrected chi connectivity index (χ1v) is 10.6. The molecule has 0 atom stereocenters. The van der Waals surface area contributed by atoms with Gasteiger partial charge in [0.25, 0.3) is 5.89 Å². The summed E-state index contributed by atoms with van der Waals surface area (Å²) in [4.78, 5) is 8.22. The molecule has 0 amide bonds. The highest BCUT2D eigenvalue weighted by Gasteiger charge is 2.30. The van der Waals surface area contributed by atoms with Crippen LogP contribution in [0.4, 0.5) is 13.2 Å². The lowest BCUT2D eigenvalue weighted by atomic mass is 10.1. The third-order valence-corrected chi connectivity index (χ3v) is 5.37. The highest BCUT2D eigenvalue weighted by Crippen LogP contribution is 2.30. The number of hydrogen-bond acceptors (Lipinski definition) is 9. The largest absolute Gasteiger partial charge is 0.471 e. The van der Waals surface area contributed by atoms with Gasteiger partial charge < -0.3 is 9.26 Å². The monoisotopic (exact) mass is 497 g/mol. The molecule has 0 spiro atoms. The van der Waals surface area contributed by atoms with Gasteiger partial charge in [-0.1, -0.05) is 23.4 Å². The first-order chi connectivity index (χ1) is 17.3. The number of rotatable bonds is 7. The average Bonchev–Trinajstić information content (AvgIpc) is 3.58. The van der Waals surface area contributed by atoms with Crippen LogP contribution in [0, 0.1) is 6.92 Å². The lowest BCUT2D eigenvalue weighted by Gasteiger charge is -2.09. The van der Waals surface area contributed by atoms with E-state index in [-0.39, 0.29) is 18.4 Å². The highest BCUT2D eigenvalue weighted by molar-refractivity contribution is 5.61. The Morgan fingerprint density at radius 2 is 1.97 bits per heavy atom. The van der Waals surface area contributed by atoms with E-state index in [1.54, 1.807) is 22.6 Å². The molecule has 0 aliphatic heterocycles. The van der Waals surface area contributed by atoms with Gasteiger partial charge in [0, 0.05) is 24.9 Å². The molecule has 4 heterocycles. The van der Waals surface area contributed by atoms with Crippen molar-refractivity contribution in [1.29, 1.82) is 0 Å². The van der Waals surface area contributed by atoms with Crippen molar-refractivity contribution in [1.82, 2.24) is 45.1 Å². The summed E-state index contributed by atoms with van der Waals surface area (Å²) >= 11 is 0. The second-order valence-electron chi connectivity index (χ2n) is 7.81. The van der Waals surface area contributed by atoms with Gasteiger partial charge >= 0.3 is 6.18 Å². The topological polar surface area (TPSA) is 122 Å². The third-order valence-electron chi connectivity index (χ3n) is 5.37. The van der Waals surface area contributed by atoms with Crippen LogP contribution in [0.1, 0.15) is 22.6 Å². The van der Waals surface area contributed by atoms with Gasteiger partial charge in [-0.05, 0) is 35.0 Å². The first-order valence-electron chi connectivity index (χ1n) is 10.6. The molecule has 11 nitrogen and oxygen atoms in total. The van der Waals surface area contributed by atoms with E-state index in [2.05, 4.69) is 35.7 Å². The van der Waals surface area contributed by atoms with E-state index in [0.717, 1.165) is 29.5 Å². The van der Waals surface area contributed by atoms with E-state index in [1.807, 2.05) is 31.2 Å². The van der Waals surface area contributed by atoms with Gasteiger partial charge in [0.15, 0.2) is 0 Å². The summed E-state index contributed by atoms with van der Waals surface area (Å²) in [6.07, 6.45) is -2.20. The van der Waals surface area contributed by atoms with Crippen LogP contribution in [0.5, 0.6) is 5.88 Å². The Kier molecular flexibility index (Phi) is 5.91. The van der Waals surface area contributed by atoms with Crippen molar-refractivity contribution in [3.63, 3.8) is 0 Å². The van der Waals surface area contributed by atoms with Gasteiger partial charge in [0.1, 0.15) is 12.4 Å². The minimum Gasteiger partial charge on any atom is -0.471 e. The van der Waals surface area contributed by atoms with Gasteiger partial charge in [0.2, 0.25) is 11.7 Å². The summed E-state index contributed by atoms with van der Waals surface area (Å²) < 4.78 is 52.5. The number of aryl methyl sites for hydroxylation is 2. The first kappa shape index (κ1) is 23.1. The maximum Gasteiger partial charge on any atom is 0.417 e. The lowest BCUT2D eigenvalue weighted by molar-refractivity contribution is -0.137. The van der Waals surface area contributed by atoms with Gasteiger partial charge in [-0.2, -0.15) is 23.3 Å². The maximum atomic E-state index is 12.7. The van der Waals surface area contributed by atoms with Crippen LogP contribution in [0.25, 0.3) is 22.8 Å². The number of nitrogens with zero attached hydrogens (tertiary/aromatic N) is 9. The van der Waals surface area contributed by atoms with Crippen LogP contribution >= 0.6 is 0 Å². The van der Waals surface area contributed by atoms with Crippen LogP contribution < -0.4 is 4.74 Å². The number of pyridine rings is 1. The number of benzene rings is 1. The van der Waals surface area contributed by atoms with E-state index in [9.17, 15) is 13.2 Å². The summed E-state index contributed by atoms with van der Waals surface area (Å²) in [6.45, 7) is 2.28. The summed E-state index contributed by atoms with van der Waals surface area (Å²) in [7, 11) is 1.70. The number of alkyl halides is 3. The number of aromatic nitrogens is 9. The van der Waals surface area contributed by atoms with E-state index in [4.69, 9.17) is 9.26 Å². The van der Waals surface area contributed by atoms with Crippen LogP contribution in [0.3, 0.4) is 0 Å². The summed E-state index contributed by atoms with van der Waals surface area (Å²) in [5, 5.41) is 19.8. The fourth-order valence-corrected chi connectivity index (χ4v) is 3.42. The molecule has 0 aliphatic rings. The molecule has 0 bridgehead atoms. The molecular formula is C22H18F3N9O2. The fourth-order valence-electron chi connectivity index (χ4n) is 3.42. The summed E-state index contributed by atoms with van der Waals surface area (Å²) in [5.74, 6) is 1.33. The molecule has 5 rings (SSSR count). The Hall–Kier alpha value is -4.62. The van der Waals surface area contributed by atoms with Crippen LogP contribution in [0.15, 0.2) is 53.3 Å². The lowest BCUT2D eigenvalue weighted by Crippen LogP contribution is -2.07. The maximum absolute atomic E-state index is 12.7. The van der Waals surface area contributed by atoms with Crippen molar-refractivity contribution < 1.29 is 22.4 Å². The van der Waals surface area contributed by atoms with Crippen molar-refractivity contribution in [3.05, 3.63) is 71.4 Å². The third kappa shape index (κ3) is 4.78. The van der Waals surface area contributed by atoms with Crippen molar-refractivity contribution in [2.75, 3.05) is 0 Å². The minimum atomic E-state index is -4.47. The number of tetrazole rings is 1. The highest BCUT2D eigenvalue weighted by atomic mass is 19.4. The van der Waals surface area contributed by atoms with Crippen molar-refractivity contribution in [2.45, 2.75) is 26.3 Å². The molecule has 14 heteroatoms. The molecule has 4 aromatic heterocycles. The van der Waals surface area contributed by atoms with E-state index in [1.165, 1.54) is 0 Å². The zero-order valence-electron chi connectivity index (χ0n) is 19.0. The number of hydrogen-bond donors (Lipinski definition) is 0. The van der Waals surface area contributed by atoms with E-state index in [0.29, 0.717) is 29.5 Å². The zero-order chi connectivity index (χ0) is 25.3. The Morgan fingerprint density at radius 1 is 1.11 bits per heavy atom. The Balaban J connectivity index is 1.33. The molecule has 1 aromatic carbocycles. The van der Waals surface area contributed by atoms with Crippen LogP contribution in [-0.4, -0.2) is 45.1 Å². The molecule has 36 heavy (non-hydrogen) atoms. The fraction of sp³-hybridized carbons (Fsp3) is 0.227. The van der Waals surface area contributed by atoms with Crippen molar-refractivity contribution in [3.8, 4) is 28.7 Å². The molecule has 0 unspecified atom stereocenters. The van der Waals surface area contributed by atoms with E-state index >= 15 is 0 Å². The van der Waals surface area contributed by atoms with Gasteiger partial charge in [-0.25, -0.2) is 9.67 Å². The summed E-state index contributed by atoms with van der Waals surface area (Å²) in [5.41, 5.74) is 1.95.